The first-order valence-electron chi connectivity index (χ1n) is 18.3. The smallest absolute Gasteiger partial charge is 0.347 e. The summed E-state index contributed by atoms with van der Waals surface area (Å²) in [5.74, 6) is -4.98. The second-order valence-corrected chi connectivity index (χ2v) is 12.9. The van der Waals surface area contributed by atoms with Gasteiger partial charge in [-0.05, 0) is 62.8 Å². The SMILES string of the molecule is CCC=CCC=CCC=CCC=CCC=CCC=CCC(=O)OCC(C)(C)[C@@H](OC(=O)c1ccccc1OC(=O)c1ccccc1O)C(=O)NCCC(=O)O. The van der Waals surface area contributed by atoms with Crippen LogP contribution in [0.3, 0.4) is 0 Å². The van der Waals surface area contributed by atoms with Gasteiger partial charge >= 0.3 is 23.9 Å². The molecule has 2 aromatic carbocycles. The maximum Gasteiger partial charge on any atom is 0.347 e. The third-order valence-electron chi connectivity index (χ3n) is 7.73. The molecule has 3 N–H and O–H groups in total. The summed E-state index contributed by atoms with van der Waals surface area (Å²) in [6, 6.07) is 11.4. The lowest BCUT2D eigenvalue weighted by atomic mass is 9.86. The number of ether oxygens (including phenoxy) is 3. The van der Waals surface area contributed by atoms with Gasteiger partial charge in [-0.25, -0.2) is 9.59 Å². The van der Waals surface area contributed by atoms with Crippen LogP contribution in [0, 0.1) is 5.41 Å². The van der Waals surface area contributed by atoms with E-state index in [9.17, 15) is 29.1 Å². The minimum atomic E-state index is -1.55. The van der Waals surface area contributed by atoms with Gasteiger partial charge in [-0.1, -0.05) is 118 Å². The molecule has 0 saturated carbocycles. The van der Waals surface area contributed by atoms with Crippen LogP contribution in [0.25, 0.3) is 0 Å². The van der Waals surface area contributed by atoms with Crippen molar-refractivity contribution in [3.05, 3.63) is 133 Å². The molecule has 11 nitrogen and oxygen atoms in total. The molecule has 0 saturated heterocycles. The number of esters is 3. The number of nitrogens with one attached hydrogen (secondary N) is 1. The zero-order valence-electron chi connectivity index (χ0n) is 31.9. The Bertz CT molecular complexity index is 1730. The molecule has 0 aliphatic rings. The van der Waals surface area contributed by atoms with Crippen LogP contribution >= 0.6 is 0 Å². The van der Waals surface area contributed by atoms with Crippen molar-refractivity contribution in [2.75, 3.05) is 13.2 Å². The topological polar surface area (TPSA) is 166 Å². The maximum atomic E-state index is 13.5. The van der Waals surface area contributed by atoms with E-state index < -0.39 is 41.3 Å². The predicted octanol–water partition coefficient (Wildman–Crippen LogP) is 8.38. The molecular formula is C44H53NO10. The summed E-state index contributed by atoms with van der Waals surface area (Å²) in [7, 11) is 0. The first-order chi connectivity index (χ1) is 26.5. The number of aromatic hydroxyl groups is 1. The quantitative estimate of drug-likeness (QED) is 0.0538. The van der Waals surface area contributed by atoms with Gasteiger partial charge in [-0.2, -0.15) is 0 Å². The minimum Gasteiger partial charge on any atom is -0.507 e. The van der Waals surface area contributed by atoms with Crippen LogP contribution in [0.4, 0.5) is 0 Å². The Morgan fingerprint density at radius 1 is 0.709 bits per heavy atom. The van der Waals surface area contributed by atoms with Crippen molar-refractivity contribution in [3.8, 4) is 11.5 Å². The molecular weight excluding hydrogens is 702 g/mol. The van der Waals surface area contributed by atoms with E-state index in [0.717, 1.165) is 32.1 Å². The summed E-state index contributed by atoms with van der Waals surface area (Å²) in [5, 5.41) is 21.5. The fraction of sp³-hybridized carbons (Fsp3) is 0.341. The Hall–Kier alpha value is -5.97. The van der Waals surface area contributed by atoms with Crippen molar-refractivity contribution in [1.29, 1.82) is 0 Å². The van der Waals surface area contributed by atoms with Gasteiger partial charge in [0.15, 0.2) is 6.10 Å². The fourth-order valence-electron chi connectivity index (χ4n) is 4.75. The Kier molecular flexibility index (Phi) is 21.3. The number of benzene rings is 2. The Morgan fingerprint density at radius 3 is 1.76 bits per heavy atom. The first-order valence-corrected chi connectivity index (χ1v) is 18.3. The van der Waals surface area contributed by atoms with Gasteiger partial charge in [-0.15, -0.1) is 0 Å². The molecule has 0 aromatic heterocycles. The van der Waals surface area contributed by atoms with Crippen molar-refractivity contribution in [2.45, 2.75) is 78.2 Å². The van der Waals surface area contributed by atoms with E-state index in [4.69, 9.17) is 19.3 Å². The van der Waals surface area contributed by atoms with Gasteiger partial charge in [0.1, 0.15) is 29.2 Å². The number of amides is 1. The molecule has 0 radical (unpaired) electrons. The number of phenolic OH excluding ortho intramolecular Hbond substituents is 1. The van der Waals surface area contributed by atoms with Crippen molar-refractivity contribution in [2.24, 2.45) is 5.41 Å². The predicted molar refractivity (Wildman–Crippen MR) is 212 cm³/mol. The van der Waals surface area contributed by atoms with Crippen molar-refractivity contribution in [1.82, 2.24) is 5.32 Å². The summed E-state index contributed by atoms with van der Waals surface area (Å²) >= 11 is 0. The Labute approximate surface area is 323 Å². The molecule has 0 spiro atoms. The first kappa shape index (κ1) is 45.2. The molecule has 2 rings (SSSR count). The van der Waals surface area contributed by atoms with Crippen LogP contribution < -0.4 is 10.1 Å². The second-order valence-electron chi connectivity index (χ2n) is 12.9. The summed E-state index contributed by atoms with van der Waals surface area (Å²) in [6.45, 7) is 4.67. The van der Waals surface area contributed by atoms with Crippen LogP contribution in [0.5, 0.6) is 11.5 Å². The number of rotatable bonds is 24. The van der Waals surface area contributed by atoms with Gasteiger partial charge in [0.25, 0.3) is 5.91 Å². The van der Waals surface area contributed by atoms with Gasteiger partial charge in [0.05, 0.1) is 12.8 Å². The lowest BCUT2D eigenvalue weighted by molar-refractivity contribution is -0.153. The van der Waals surface area contributed by atoms with Crippen molar-refractivity contribution in [3.63, 3.8) is 0 Å². The lowest BCUT2D eigenvalue weighted by Gasteiger charge is -2.32. The molecule has 1 amide bonds. The maximum absolute atomic E-state index is 13.5. The summed E-state index contributed by atoms with van der Waals surface area (Å²) < 4.78 is 16.5. The molecule has 0 heterocycles. The molecule has 1 atom stereocenters. The molecule has 0 bridgehead atoms. The standard InChI is InChI=1S/C44H53NO10/c1-4-5-6-7-8-9-10-11-12-13-14-15-16-17-18-19-20-21-30-39(49)53-33-44(2,3)40(41(50)45-32-31-38(47)48)55-43(52)35-27-23-25-29-37(35)54-42(51)34-26-22-24-28-36(34)46/h5-6,8-9,11-12,14-15,17-18,20-29,40,46H,4,7,10,13,16,19,30-33H2,1-3H3,(H,45,50)(H,47,48)/t40-/m0/s1. The zero-order valence-corrected chi connectivity index (χ0v) is 31.9. The monoisotopic (exact) mass is 755 g/mol. The molecule has 0 fully saturated rings. The van der Waals surface area contributed by atoms with E-state index >= 15 is 0 Å². The molecule has 11 heteroatoms. The minimum absolute atomic E-state index is 0.0221. The van der Waals surface area contributed by atoms with Crippen LogP contribution in [-0.4, -0.2) is 59.3 Å². The number of allylic oxidation sites excluding steroid dienone is 11. The number of carbonyl (C=O) groups is 5. The van der Waals surface area contributed by atoms with E-state index in [1.165, 1.54) is 48.5 Å². The highest BCUT2D eigenvalue weighted by Crippen LogP contribution is 2.28. The van der Waals surface area contributed by atoms with Crippen molar-refractivity contribution >= 4 is 29.8 Å². The number of hydrogen-bond donors (Lipinski definition) is 3. The average Bonchev–Trinajstić information content (AvgIpc) is 3.15. The molecule has 0 unspecified atom stereocenters. The number of carbonyl (C=O) groups excluding carboxylic acids is 4. The van der Waals surface area contributed by atoms with E-state index in [1.54, 1.807) is 19.9 Å². The van der Waals surface area contributed by atoms with Crippen LogP contribution in [0.1, 0.15) is 92.9 Å². The zero-order chi connectivity index (χ0) is 40.3. The van der Waals surface area contributed by atoms with Crippen molar-refractivity contribution < 1.29 is 48.4 Å². The highest BCUT2D eigenvalue weighted by Gasteiger charge is 2.40. The number of para-hydroxylation sites is 2. The number of hydrogen-bond acceptors (Lipinski definition) is 9. The third-order valence-corrected chi connectivity index (χ3v) is 7.73. The highest BCUT2D eigenvalue weighted by atomic mass is 16.6. The van der Waals surface area contributed by atoms with Crippen LogP contribution in [-0.2, 0) is 23.9 Å². The second kappa shape index (κ2) is 25.9. The van der Waals surface area contributed by atoms with Crippen LogP contribution in [0.15, 0.2) is 121 Å². The normalized spacial score (nSPS) is 12.6. The van der Waals surface area contributed by atoms with Crippen LogP contribution in [0.2, 0.25) is 0 Å². The highest BCUT2D eigenvalue weighted by molar-refractivity contribution is 5.98. The van der Waals surface area contributed by atoms with E-state index in [1.807, 2.05) is 18.2 Å². The molecule has 0 aliphatic carbocycles. The summed E-state index contributed by atoms with van der Waals surface area (Å²) in [6.07, 6.45) is 28.0. The average molecular weight is 756 g/mol. The third kappa shape index (κ3) is 18.6. The summed E-state index contributed by atoms with van der Waals surface area (Å²) in [4.78, 5) is 63.1. The molecule has 55 heavy (non-hydrogen) atoms. The molecule has 294 valence electrons. The summed E-state index contributed by atoms with van der Waals surface area (Å²) in [5.41, 5.74) is -1.60. The fourth-order valence-corrected chi connectivity index (χ4v) is 4.75. The largest absolute Gasteiger partial charge is 0.507 e. The number of carboxylic acids is 1. The van der Waals surface area contributed by atoms with E-state index in [2.05, 4.69) is 60.8 Å². The lowest BCUT2D eigenvalue weighted by Crippen LogP contribution is -2.49. The molecule has 0 aliphatic heterocycles. The van der Waals surface area contributed by atoms with Gasteiger partial charge in [0, 0.05) is 12.0 Å². The Morgan fingerprint density at radius 2 is 1.22 bits per heavy atom. The van der Waals surface area contributed by atoms with E-state index in [-0.39, 0.29) is 48.6 Å². The van der Waals surface area contributed by atoms with E-state index in [0.29, 0.717) is 6.42 Å². The number of carboxylic acid groups (broad SMARTS) is 1. The van der Waals surface area contributed by atoms with Gasteiger partial charge < -0.3 is 29.7 Å². The number of phenols is 1. The van der Waals surface area contributed by atoms with Gasteiger partial charge in [-0.3, -0.25) is 14.4 Å². The Balaban J connectivity index is 1.92. The molecule has 2 aromatic rings. The number of aliphatic carboxylic acids is 1. The van der Waals surface area contributed by atoms with Gasteiger partial charge in [0.2, 0.25) is 0 Å².